The van der Waals surface area contributed by atoms with Crippen LogP contribution < -0.4 is 9.62 Å². The number of halogens is 1. The number of aliphatic hydroxyl groups is 2. The Labute approximate surface area is 252 Å². The van der Waals surface area contributed by atoms with E-state index >= 15 is 0 Å². The Kier molecular flexibility index (Phi) is 13.6. The zero-order valence-corrected chi connectivity index (χ0v) is 26.3. The lowest BCUT2D eigenvalue weighted by Gasteiger charge is -2.39. The molecular weight excluding hydrogens is 583 g/mol. The van der Waals surface area contributed by atoms with Crippen molar-refractivity contribution in [2.45, 2.75) is 64.4 Å². The van der Waals surface area contributed by atoms with Crippen molar-refractivity contribution in [3.63, 3.8) is 0 Å². The molecule has 0 saturated carbocycles. The molecule has 4 N–H and O–H groups in total. The number of carbonyl (C=O) groups is 1. The van der Waals surface area contributed by atoms with Crippen LogP contribution in [0.15, 0.2) is 30.3 Å². The molecule has 1 fully saturated rings. The molecule has 1 saturated heterocycles. The number of aliphatic carboxylic acids is 1. The van der Waals surface area contributed by atoms with Crippen LogP contribution in [0, 0.1) is 5.82 Å². The lowest BCUT2D eigenvalue weighted by molar-refractivity contribution is -0.290. The second kappa shape index (κ2) is 16.2. The van der Waals surface area contributed by atoms with Crippen molar-refractivity contribution in [3.8, 4) is 11.3 Å². The summed E-state index contributed by atoms with van der Waals surface area (Å²) in [7, 11) is -2.25. The van der Waals surface area contributed by atoms with Gasteiger partial charge in [-0.05, 0) is 44.0 Å². The van der Waals surface area contributed by atoms with Crippen LogP contribution >= 0.6 is 0 Å². The number of carboxylic acid groups (broad SMARTS) is 1. The van der Waals surface area contributed by atoms with Gasteiger partial charge in [-0.1, -0.05) is 26.0 Å². The van der Waals surface area contributed by atoms with Crippen LogP contribution in [-0.4, -0.2) is 97.3 Å². The molecule has 1 aromatic carbocycles. The van der Waals surface area contributed by atoms with Crippen LogP contribution in [0.4, 0.5) is 10.3 Å². The average Bonchev–Trinajstić information content (AvgIpc) is 2.90. The van der Waals surface area contributed by atoms with Crippen molar-refractivity contribution in [2.24, 2.45) is 0 Å². The van der Waals surface area contributed by atoms with E-state index in [1.807, 2.05) is 13.8 Å². The van der Waals surface area contributed by atoms with Crippen LogP contribution in [0.2, 0.25) is 0 Å². The van der Waals surface area contributed by atoms with Gasteiger partial charge in [-0.15, -0.1) is 0 Å². The minimum absolute atomic E-state index is 0.00245. The Bertz CT molecular complexity index is 1330. The highest BCUT2D eigenvalue weighted by molar-refractivity contribution is 7.92. The highest BCUT2D eigenvalue weighted by Gasteiger charge is 2.35. The van der Waals surface area contributed by atoms with Gasteiger partial charge in [0.2, 0.25) is 16.0 Å². The summed E-state index contributed by atoms with van der Waals surface area (Å²) >= 11 is 0. The summed E-state index contributed by atoms with van der Waals surface area (Å²) in [5.74, 6) is -2.45. The number of aliphatic hydroxyl groups excluding tert-OH is 2. The molecule has 2 aromatic rings. The molecule has 240 valence electrons. The number of nitrogens with one attached hydrogen (secondary N) is 1. The van der Waals surface area contributed by atoms with E-state index in [-0.39, 0.29) is 31.5 Å². The molecule has 3 rings (SSSR count). The first-order chi connectivity index (χ1) is 20.1. The van der Waals surface area contributed by atoms with Gasteiger partial charge in [-0.25, -0.2) is 27.1 Å². The molecule has 0 amide bonds. The van der Waals surface area contributed by atoms with Crippen molar-refractivity contribution in [2.75, 3.05) is 43.9 Å². The standard InChI is InChI=1S/C25H32FN3O6S.C4H11NO2/c1-15(2)22-20(12-11-18-13-19(14-21(30)31)35-25(3,4)34-18)23(16-7-9-17(26)10-8-16)28-24(27-22)29(5)36(6,32)33;6-3-1-5-2-4-7/h7-12,15,18-19H,13-14H2,1-6H3,(H,30,31);5-7H,1-4H2/b12-11+;/t18-,19-;/m1./s1. The Hall–Kier alpha value is -3.01. The van der Waals surface area contributed by atoms with E-state index in [4.69, 9.17) is 19.7 Å². The SMILES string of the molecule is CC(C)c1nc(N(C)S(C)(=O)=O)nc(-c2ccc(F)cc2)c1/C=C/[C@@H]1C[C@H](CC(=O)O)OC(C)(C)O1.OCCNCCO. The third kappa shape index (κ3) is 11.5. The Morgan fingerprint density at radius 3 is 2.28 bits per heavy atom. The summed E-state index contributed by atoms with van der Waals surface area (Å²) in [6, 6.07) is 5.75. The molecule has 14 heteroatoms. The smallest absolute Gasteiger partial charge is 0.305 e. The highest BCUT2D eigenvalue weighted by Crippen LogP contribution is 2.33. The fourth-order valence-corrected chi connectivity index (χ4v) is 4.65. The first kappa shape index (κ1) is 36.2. The Morgan fingerprint density at radius 2 is 1.77 bits per heavy atom. The molecule has 1 aliphatic rings. The highest BCUT2D eigenvalue weighted by atomic mass is 32.2. The van der Waals surface area contributed by atoms with Crippen LogP contribution in [-0.2, 0) is 24.3 Å². The molecule has 12 nitrogen and oxygen atoms in total. The first-order valence-electron chi connectivity index (χ1n) is 13.9. The quantitative estimate of drug-likeness (QED) is 0.255. The number of aromatic nitrogens is 2. The zero-order valence-electron chi connectivity index (χ0n) is 25.4. The number of nitrogens with zero attached hydrogens (tertiary/aromatic N) is 3. The van der Waals surface area contributed by atoms with E-state index in [2.05, 4.69) is 15.3 Å². The summed E-state index contributed by atoms with van der Waals surface area (Å²) in [6.07, 6.45) is 3.88. The average molecular weight is 627 g/mol. The van der Waals surface area contributed by atoms with Crippen molar-refractivity contribution >= 4 is 28.0 Å². The van der Waals surface area contributed by atoms with E-state index in [9.17, 15) is 22.7 Å². The number of rotatable bonds is 12. The van der Waals surface area contributed by atoms with E-state index in [0.717, 1.165) is 10.6 Å². The topological polar surface area (TPSA) is 171 Å². The number of hydrogen-bond acceptors (Lipinski definition) is 10. The summed E-state index contributed by atoms with van der Waals surface area (Å²) in [4.78, 5) is 20.3. The van der Waals surface area contributed by atoms with Gasteiger partial charge >= 0.3 is 5.97 Å². The monoisotopic (exact) mass is 626 g/mol. The fraction of sp³-hybridized carbons (Fsp3) is 0.552. The summed E-state index contributed by atoms with van der Waals surface area (Å²) in [6.45, 7) is 8.72. The normalized spacial score (nSPS) is 18.4. The number of benzene rings is 1. The summed E-state index contributed by atoms with van der Waals surface area (Å²) < 4.78 is 50.8. The fourth-order valence-electron chi connectivity index (χ4n) is 4.27. The van der Waals surface area contributed by atoms with Gasteiger partial charge in [0.05, 0.1) is 49.5 Å². The van der Waals surface area contributed by atoms with Crippen LogP contribution in [0.5, 0.6) is 0 Å². The first-order valence-corrected chi connectivity index (χ1v) is 15.7. The van der Waals surface area contributed by atoms with Gasteiger partial charge in [0.1, 0.15) is 5.82 Å². The second-order valence-electron chi connectivity index (χ2n) is 10.7. The van der Waals surface area contributed by atoms with Gasteiger partial charge < -0.3 is 30.1 Å². The van der Waals surface area contributed by atoms with Crippen LogP contribution in [0.1, 0.15) is 57.7 Å². The van der Waals surface area contributed by atoms with Gasteiger partial charge in [0, 0.05) is 37.7 Å². The largest absolute Gasteiger partial charge is 0.481 e. The third-order valence-electron chi connectivity index (χ3n) is 6.24. The van der Waals surface area contributed by atoms with Crippen molar-refractivity contribution < 1.29 is 42.4 Å². The molecule has 1 aromatic heterocycles. The van der Waals surface area contributed by atoms with Gasteiger partial charge in [0.15, 0.2) is 5.79 Å². The lowest BCUT2D eigenvalue weighted by atomic mass is 9.97. The molecule has 1 aliphatic heterocycles. The number of sulfonamides is 1. The molecular formula is C29H43FN4O8S. The van der Waals surface area contributed by atoms with E-state index in [0.29, 0.717) is 42.0 Å². The number of anilines is 1. The number of ether oxygens (including phenoxy) is 2. The number of carboxylic acids is 1. The summed E-state index contributed by atoms with van der Waals surface area (Å²) in [5.41, 5.74) is 2.24. The van der Waals surface area contributed by atoms with E-state index < -0.39 is 39.8 Å². The van der Waals surface area contributed by atoms with Crippen LogP contribution in [0.3, 0.4) is 0 Å². The number of hydrogen-bond donors (Lipinski definition) is 4. The van der Waals surface area contributed by atoms with Gasteiger partial charge in [0.25, 0.3) is 0 Å². The molecule has 2 heterocycles. The van der Waals surface area contributed by atoms with Crippen LogP contribution in [0.25, 0.3) is 17.3 Å². The molecule has 0 aliphatic carbocycles. The maximum absolute atomic E-state index is 13.7. The molecule has 43 heavy (non-hydrogen) atoms. The van der Waals surface area contributed by atoms with Crippen molar-refractivity contribution in [1.82, 2.24) is 15.3 Å². The second-order valence-corrected chi connectivity index (χ2v) is 12.8. The lowest BCUT2D eigenvalue weighted by Crippen LogP contribution is -2.44. The maximum atomic E-state index is 13.7. The van der Waals surface area contributed by atoms with E-state index in [1.54, 1.807) is 38.1 Å². The van der Waals surface area contributed by atoms with Crippen molar-refractivity contribution in [3.05, 3.63) is 47.4 Å². The van der Waals surface area contributed by atoms with Gasteiger partial charge in [-0.3, -0.25) is 4.79 Å². The summed E-state index contributed by atoms with van der Waals surface area (Å²) in [5, 5.41) is 28.3. The predicted octanol–water partition coefficient (Wildman–Crippen LogP) is 2.76. The maximum Gasteiger partial charge on any atom is 0.305 e. The predicted molar refractivity (Wildman–Crippen MR) is 162 cm³/mol. The molecule has 0 bridgehead atoms. The van der Waals surface area contributed by atoms with E-state index in [1.165, 1.54) is 19.2 Å². The Morgan fingerprint density at radius 1 is 1.16 bits per heavy atom. The Balaban J connectivity index is 0.000000821. The third-order valence-corrected chi connectivity index (χ3v) is 7.40. The minimum atomic E-state index is -3.63. The van der Waals surface area contributed by atoms with Gasteiger partial charge in [-0.2, -0.15) is 0 Å². The molecule has 2 atom stereocenters. The molecule has 0 spiro atoms. The van der Waals surface area contributed by atoms with Crippen molar-refractivity contribution in [1.29, 1.82) is 0 Å². The minimum Gasteiger partial charge on any atom is -0.481 e. The molecule has 0 radical (unpaired) electrons. The zero-order chi connectivity index (χ0) is 32.4. The molecule has 0 unspecified atom stereocenters.